The quantitative estimate of drug-likeness (QED) is 0.217. The maximum absolute atomic E-state index is 11.8. The second kappa shape index (κ2) is 7.60. The van der Waals surface area contributed by atoms with Gasteiger partial charge in [0.05, 0.1) is 6.61 Å². The third-order valence-electron chi connectivity index (χ3n) is 3.51. The van der Waals surface area contributed by atoms with Crippen molar-refractivity contribution in [2.24, 2.45) is 0 Å². The lowest BCUT2D eigenvalue weighted by Crippen LogP contribution is -2.59. The summed E-state index contributed by atoms with van der Waals surface area (Å²) in [6.07, 6.45) is -5.37. The van der Waals surface area contributed by atoms with Crippen LogP contribution in [-0.2, 0) is 14.3 Å². The largest absolute Gasteiger partial charge is 0.504 e. The number of carbonyl (C=O) groups is 1. The minimum Gasteiger partial charge on any atom is -0.504 e. The van der Waals surface area contributed by atoms with E-state index < -0.39 is 43.3 Å². The zero-order valence-electron chi connectivity index (χ0n) is 12.4. The highest BCUT2D eigenvalue weighted by molar-refractivity contribution is 5.87. The molecule has 0 saturated carbocycles. The Bertz CT molecular complexity index is 615. The van der Waals surface area contributed by atoms with Crippen LogP contribution in [0.5, 0.6) is 11.5 Å². The fraction of sp³-hybridized carbons (Fsp3) is 0.400. The molecule has 2 rings (SSSR count). The number of aromatic hydroxyl groups is 2. The smallest absolute Gasteiger partial charge is 0.331 e. The molecule has 1 aliphatic rings. The van der Waals surface area contributed by atoms with Crippen molar-refractivity contribution in [3.8, 4) is 11.5 Å². The summed E-state index contributed by atoms with van der Waals surface area (Å²) in [4.78, 5) is 11.8. The van der Waals surface area contributed by atoms with Crippen molar-refractivity contribution >= 4 is 12.0 Å². The summed E-state index contributed by atoms with van der Waals surface area (Å²) >= 11 is 0. The van der Waals surface area contributed by atoms with E-state index in [0.717, 1.165) is 6.08 Å². The van der Waals surface area contributed by atoms with E-state index in [9.17, 15) is 30.3 Å². The van der Waals surface area contributed by atoms with Gasteiger partial charge in [0.1, 0.15) is 18.3 Å². The Kier molecular flexibility index (Phi) is 5.75. The zero-order valence-corrected chi connectivity index (χ0v) is 12.4. The Morgan fingerprint density at radius 2 is 1.88 bits per heavy atom. The lowest BCUT2D eigenvalue weighted by molar-refractivity contribution is -0.289. The summed E-state index contributed by atoms with van der Waals surface area (Å²) < 4.78 is 9.71. The molecule has 1 aromatic carbocycles. The van der Waals surface area contributed by atoms with Gasteiger partial charge in [0.15, 0.2) is 23.9 Å². The van der Waals surface area contributed by atoms with Crippen LogP contribution in [0.4, 0.5) is 0 Å². The number of phenols is 2. The molecule has 9 heteroatoms. The number of esters is 1. The first-order valence-electron chi connectivity index (χ1n) is 7.04. The summed E-state index contributed by atoms with van der Waals surface area (Å²) in [6.45, 7) is -0.625. The SMILES string of the molecule is O=C(/C=C/c1ccc(O)c(O)c1)OC1C(O)OC(CO)C(O)C1O. The van der Waals surface area contributed by atoms with Crippen LogP contribution >= 0.6 is 0 Å². The Morgan fingerprint density at radius 1 is 1.17 bits per heavy atom. The number of aliphatic hydroxyl groups is 4. The van der Waals surface area contributed by atoms with Crippen LogP contribution in [0.15, 0.2) is 24.3 Å². The average molecular weight is 342 g/mol. The highest BCUT2D eigenvalue weighted by Crippen LogP contribution is 2.26. The number of ether oxygens (including phenoxy) is 2. The van der Waals surface area contributed by atoms with Crippen LogP contribution in [0.1, 0.15) is 5.56 Å². The Balaban J connectivity index is 2.00. The van der Waals surface area contributed by atoms with Crippen molar-refractivity contribution in [1.29, 1.82) is 0 Å². The van der Waals surface area contributed by atoms with E-state index in [1.807, 2.05) is 0 Å². The van der Waals surface area contributed by atoms with Gasteiger partial charge in [-0.05, 0) is 23.8 Å². The average Bonchev–Trinajstić information content (AvgIpc) is 2.56. The molecule has 0 bridgehead atoms. The minimum atomic E-state index is -1.71. The van der Waals surface area contributed by atoms with Gasteiger partial charge in [0.2, 0.25) is 0 Å². The fourth-order valence-corrected chi connectivity index (χ4v) is 2.18. The van der Waals surface area contributed by atoms with E-state index in [1.54, 1.807) is 0 Å². The molecule has 24 heavy (non-hydrogen) atoms. The maximum Gasteiger partial charge on any atom is 0.331 e. The summed E-state index contributed by atoms with van der Waals surface area (Å²) in [7, 11) is 0. The number of carbonyl (C=O) groups excluding carboxylic acids is 1. The van der Waals surface area contributed by atoms with Crippen molar-refractivity contribution in [1.82, 2.24) is 0 Å². The molecule has 1 fully saturated rings. The summed E-state index contributed by atoms with van der Waals surface area (Å²) in [5.41, 5.74) is 0.392. The van der Waals surface area contributed by atoms with Crippen LogP contribution in [0.3, 0.4) is 0 Å². The van der Waals surface area contributed by atoms with Gasteiger partial charge in [-0.1, -0.05) is 6.07 Å². The van der Waals surface area contributed by atoms with Crippen LogP contribution in [0.25, 0.3) is 6.08 Å². The fourth-order valence-electron chi connectivity index (χ4n) is 2.18. The van der Waals surface area contributed by atoms with E-state index in [1.165, 1.54) is 24.3 Å². The molecule has 1 heterocycles. The third-order valence-corrected chi connectivity index (χ3v) is 3.51. The summed E-state index contributed by atoms with van der Waals surface area (Å²) in [6, 6.07) is 3.87. The molecule has 9 nitrogen and oxygen atoms in total. The molecule has 5 unspecified atom stereocenters. The highest BCUT2D eigenvalue weighted by atomic mass is 16.7. The molecule has 0 aromatic heterocycles. The lowest BCUT2D eigenvalue weighted by atomic mass is 9.99. The van der Waals surface area contributed by atoms with Gasteiger partial charge in [0, 0.05) is 6.08 Å². The molecular weight excluding hydrogens is 324 g/mol. The van der Waals surface area contributed by atoms with E-state index in [2.05, 4.69) is 0 Å². The van der Waals surface area contributed by atoms with Gasteiger partial charge in [-0.25, -0.2) is 4.79 Å². The molecular formula is C15H18O9. The van der Waals surface area contributed by atoms with Gasteiger partial charge in [0.25, 0.3) is 0 Å². The van der Waals surface area contributed by atoms with Gasteiger partial charge < -0.3 is 40.1 Å². The predicted molar refractivity (Wildman–Crippen MR) is 78.7 cm³/mol. The van der Waals surface area contributed by atoms with Crippen molar-refractivity contribution < 1.29 is 44.9 Å². The van der Waals surface area contributed by atoms with E-state index in [4.69, 9.17) is 14.6 Å². The second-order valence-corrected chi connectivity index (χ2v) is 5.21. The number of phenolic OH excluding ortho intramolecular Hbond substituents is 2. The number of benzene rings is 1. The number of rotatable bonds is 4. The minimum absolute atomic E-state index is 0.312. The van der Waals surface area contributed by atoms with Crippen molar-refractivity contribution in [3.05, 3.63) is 29.8 Å². The van der Waals surface area contributed by atoms with E-state index in [0.29, 0.717) is 5.56 Å². The van der Waals surface area contributed by atoms with Gasteiger partial charge >= 0.3 is 5.97 Å². The molecule has 6 N–H and O–H groups in total. The van der Waals surface area contributed by atoms with Crippen LogP contribution < -0.4 is 0 Å². The maximum atomic E-state index is 11.8. The summed E-state index contributed by atoms with van der Waals surface area (Å²) in [5, 5.41) is 56.7. The zero-order chi connectivity index (χ0) is 17.9. The van der Waals surface area contributed by atoms with Crippen LogP contribution in [0, 0.1) is 0 Å². The van der Waals surface area contributed by atoms with Crippen LogP contribution in [-0.4, -0.2) is 73.9 Å². The van der Waals surface area contributed by atoms with Crippen LogP contribution in [0.2, 0.25) is 0 Å². The first-order chi connectivity index (χ1) is 11.3. The van der Waals surface area contributed by atoms with Gasteiger partial charge in [-0.2, -0.15) is 0 Å². The Morgan fingerprint density at radius 3 is 2.50 bits per heavy atom. The third kappa shape index (κ3) is 4.02. The molecule has 0 radical (unpaired) electrons. The highest BCUT2D eigenvalue weighted by Gasteiger charge is 2.45. The Hall–Kier alpha value is -2.17. The monoisotopic (exact) mass is 342 g/mol. The molecule has 1 saturated heterocycles. The molecule has 0 amide bonds. The van der Waals surface area contributed by atoms with Crippen molar-refractivity contribution in [3.63, 3.8) is 0 Å². The molecule has 1 aliphatic heterocycles. The lowest BCUT2D eigenvalue weighted by Gasteiger charge is -2.39. The Labute approximate surface area is 136 Å². The van der Waals surface area contributed by atoms with Gasteiger partial charge in [-0.15, -0.1) is 0 Å². The first-order valence-corrected chi connectivity index (χ1v) is 7.04. The molecule has 1 aromatic rings. The number of hydrogen-bond donors (Lipinski definition) is 6. The topological polar surface area (TPSA) is 157 Å². The van der Waals surface area contributed by atoms with Crippen molar-refractivity contribution in [2.75, 3.05) is 6.61 Å². The van der Waals surface area contributed by atoms with E-state index >= 15 is 0 Å². The van der Waals surface area contributed by atoms with Gasteiger partial charge in [-0.3, -0.25) is 0 Å². The molecule has 0 aliphatic carbocycles. The molecule has 5 atom stereocenters. The first kappa shape index (κ1) is 18.2. The molecule has 132 valence electrons. The normalized spacial score (nSPS) is 30.4. The summed E-state index contributed by atoms with van der Waals surface area (Å²) in [5.74, 6) is -1.62. The number of aliphatic hydroxyl groups excluding tert-OH is 4. The predicted octanol–water partition coefficient (Wildman–Crippen LogP) is -1.55. The second-order valence-electron chi connectivity index (χ2n) is 5.21. The standard InChI is InChI=1S/C15H18O9/c16-6-10-12(20)13(21)14(15(22)23-10)24-11(19)4-2-7-1-3-8(17)9(18)5-7/h1-5,10,12-18,20-22H,6H2/b4-2+. The number of hydrogen-bond acceptors (Lipinski definition) is 9. The van der Waals surface area contributed by atoms with E-state index in [-0.39, 0.29) is 11.5 Å². The van der Waals surface area contributed by atoms with Crippen molar-refractivity contribution in [2.45, 2.75) is 30.7 Å². The molecule has 0 spiro atoms.